The lowest BCUT2D eigenvalue weighted by Gasteiger charge is -2.22. The highest BCUT2D eigenvalue weighted by atomic mass is 32.2. The molecule has 0 atom stereocenters. The molecule has 1 saturated carbocycles. The molecule has 1 aromatic heterocycles. The molecule has 0 spiro atoms. The third kappa shape index (κ3) is 4.37. The highest BCUT2D eigenvalue weighted by Gasteiger charge is 2.51. The van der Waals surface area contributed by atoms with Gasteiger partial charge in [-0.1, -0.05) is 36.4 Å². The number of para-hydroxylation sites is 1. The van der Waals surface area contributed by atoms with Gasteiger partial charge in [-0.3, -0.25) is 14.4 Å². The zero-order valence-corrected chi connectivity index (χ0v) is 21.1. The number of carbonyl (C=O) groups excluding carboxylic acids is 2. The van der Waals surface area contributed by atoms with Crippen LogP contribution < -0.4 is 8.92 Å². The number of nitrogens with zero attached hydrogens (tertiary/aromatic N) is 2. The van der Waals surface area contributed by atoms with Crippen molar-refractivity contribution in [3.63, 3.8) is 0 Å². The van der Waals surface area contributed by atoms with Crippen molar-refractivity contribution in [2.24, 2.45) is 0 Å². The fourth-order valence-electron chi connectivity index (χ4n) is 4.30. The van der Waals surface area contributed by atoms with E-state index in [9.17, 15) is 18.0 Å². The Morgan fingerprint density at radius 1 is 0.868 bits per heavy atom. The number of fused-ring (bicyclic) bond motifs is 2. The maximum absolute atomic E-state index is 13.0. The molecule has 192 valence electrons. The number of benzene rings is 3. The summed E-state index contributed by atoms with van der Waals surface area (Å²) in [6.07, 6.45) is 1.19. The summed E-state index contributed by atoms with van der Waals surface area (Å²) < 4.78 is 37.3. The number of rotatable bonds is 8. The van der Waals surface area contributed by atoms with Crippen LogP contribution in [0.15, 0.2) is 83.9 Å². The Balaban J connectivity index is 1.14. The molecule has 0 bridgehead atoms. The molecular formula is C28H22N2O7S. The molecule has 2 heterocycles. The first-order chi connectivity index (χ1) is 18.2. The topological polar surface area (TPSA) is 112 Å². The monoisotopic (exact) mass is 530 g/mol. The summed E-state index contributed by atoms with van der Waals surface area (Å²) in [6.45, 7) is 1.72. The lowest BCUT2D eigenvalue weighted by molar-refractivity contribution is -0.155. The minimum absolute atomic E-state index is 0.0575. The van der Waals surface area contributed by atoms with Crippen molar-refractivity contribution in [2.75, 3.05) is 6.61 Å². The first-order valence-corrected chi connectivity index (χ1v) is 13.4. The second kappa shape index (κ2) is 8.93. The molecule has 0 saturated heterocycles. The summed E-state index contributed by atoms with van der Waals surface area (Å²) in [4.78, 5) is 35.4. The van der Waals surface area contributed by atoms with Crippen molar-refractivity contribution < 1.29 is 31.8 Å². The van der Waals surface area contributed by atoms with Gasteiger partial charge in [0.05, 0.1) is 16.6 Å². The zero-order valence-electron chi connectivity index (χ0n) is 20.3. The number of aryl methyl sites for hydroxylation is 1. The van der Waals surface area contributed by atoms with Crippen LogP contribution in [0.5, 0.6) is 11.5 Å². The Morgan fingerprint density at radius 3 is 2.24 bits per heavy atom. The molecule has 6 rings (SSSR count). The van der Waals surface area contributed by atoms with E-state index in [1.165, 1.54) is 12.1 Å². The van der Waals surface area contributed by atoms with Crippen molar-refractivity contribution in [2.45, 2.75) is 30.4 Å². The van der Waals surface area contributed by atoms with E-state index < -0.39 is 27.5 Å². The quantitative estimate of drug-likeness (QED) is 0.243. The van der Waals surface area contributed by atoms with Crippen molar-refractivity contribution in [1.82, 2.24) is 10.0 Å². The fourth-order valence-corrected chi connectivity index (χ4v) is 5.40. The van der Waals surface area contributed by atoms with Gasteiger partial charge in [-0.05, 0) is 61.7 Å². The van der Waals surface area contributed by atoms with E-state index in [2.05, 4.69) is 4.98 Å². The average molecular weight is 531 g/mol. The zero-order chi connectivity index (χ0) is 26.5. The van der Waals surface area contributed by atoms with Crippen LogP contribution in [0.1, 0.15) is 39.1 Å². The molecule has 38 heavy (non-hydrogen) atoms. The van der Waals surface area contributed by atoms with Gasteiger partial charge in [0, 0.05) is 11.5 Å². The summed E-state index contributed by atoms with van der Waals surface area (Å²) in [5, 5.41) is 1.47. The van der Waals surface area contributed by atoms with Gasteiger partial charge in [0.1, 0.15) is 23.7 Å². The molecule has 0 radical (unpaired) electrons. The van der Waals surface area contributed by atoms with E-state index in [1.54, 1.807) is 61.5 Å². The van der Waals surface area contributed by atoms with Gasteiger partial charge in [0.15, 0.2) is 5.03 Å². The molecule has 0 unspecified atom stereocenters. The maximum atomic E-state index is 13.0. The van der Waals surface area contributed by atoms with Crippen LogP contribution in [0.2, 0.25) is 0 Å². The Hall–Kier alpha value is -4.28. The molecule has 2 aliphatic rings. The van der Waals surface area contributed by atoms with Crippen LogP contribution in [0, 0.1) is 6.92 Å². The molecule has 1 fully saturated rings. The number of imide groups is 1. The van der Waals surface area contributed by atoms with Gasteiger partial charge in [0.25, 0.3) is 11.8 Å². The van der Waals surface area contributed by atoms with Crippen molar-refractivity contribution >= 4 is 32.8 Å². The lowest BCUT2D eigenvalue weighted by atomic mass is 10.1. The summed E-state index contributed by atoms with van der Waals surface area (Å²) in [7, 11) is -4.21. The number of pyridine rings is 1. The molecule has 9 nitrogen and oxygen atoms in total. The number of carbonyl (C=O) groups is 2. The second-order valence-corrected chi connectivity index (χ2v) is 10.8. The van der Waals surface area contributed by atoms with E-state index in [0.717, 1.165) is 10.4 Å². The molecular weight excluding hydrogens is 508 g/mol. The first kappa shape index (κ1) is 24.1. The Labute approximate surface area is 218 Å². The fraction of sp³-hybridized carbons (Fsp3) is 0.179. The largest absolute Gasteiger partial charge is 0.490 e. The van der Waals surface area contributed by atoms with E-state index in [0.29, 0.717) is 40.8 Å². The van der Waals surface area contributed by atoms with E-state index >= 15 is 0 Å². The standard InChI is InChI=1S/C28H22N2O7S/c1-18-15-19-7-2-5-12-24(19)29-25(18)38(33,34)36-21-9-6-8-20(16-21)35-17-28(13-14-28)37-30-26(31)22-10-3-4-11-23(22)27(30)32/h2-12,15-16H,13-14,17H2,1H3. The van der Waals surface area contributed by atoms with Gasteiger partial charge in [-0.2, -0.15) is 8.42 Å². The molecule has 3 aromatic carbocycles. The van der Waals surface area contributed by atoms with Crippen LogP contribution in [0.4, 0.5) is 0 Å². The number of aromatic nitrogens is 1. The summed E-state index contributed by atoms with van der Waals surface area (Å²) >= 11 is 0. The van der Waals surface area contributed by atoms with Crippen molar-refractivity contribution in [3.05, 3.63) is 95.6 Å². The summed E-state index contributed by atoms with van der Waals surface area (Å²) in [5.74, 6) is -0.605. The van der Waals surface area contributed by atoms with Gasteiger partial charge in [-0.15, -0.1) is 5.06 Å². The van der Waals surface area contributed by atoms with Gasteiger partial charge in [-0.25, -0.2) is 4.98 Å². The SMILES string of the molecule is Cc1cc2ccccc2nc1S(=O)(=O)Oc1cccc(OCC2(ON3C(=O)c4ccccc4C3=O)CC2)c1. The van der Waals surface area contributed by atoms with Crippen LogP contribution in [0.25, 0.3) is 10.9 Å². The van der Waals surface area contributed by atoms with Crippen LogP contribution in [-0.2, 0) is 15.0 Å². The maximum Gasteiger partial charge on any atom is 0.357 e. The average Bonchev–Trinajstić information content (AvgIpc) is 3.64. The smallest absolute Gasteiger partial charge is 0.357 e. The number of hydrogen-bond acceptors (Lipinski definition) is 8. The molecule has 1 aliphatic heterocycles. The van der Waals surface area contributed by atoms with Gasteiger partial charge < -0.3 is 8.92 Å². The van der Waals surface area contributed by atoms with Crippen molar-refractivity contribution in [1.29, 1.82) is 0 Å². The molecule has 4 aromatic rings. The number of ether oxygens (including phenoxy) is 1. The van der Waals surface area contributed by atoms with Crippen LogP contribution in [-0.4, -0.2) is 42.5 Å². The van der Waals surface area contributed by atoms with Crippen LogP contribution in [0.3, 0.4) is 0 Å². The van der Waals surface area contributed by atoms with E-state index in [4.69, 9.17) is 13.8 Å². The normalized spacial score (nSPS) is 16.0. The van der Waals surface area contributed by atoms with Gasteiger partial charge in [0.2, 0.25) is 0 Å². The highest BCUT2D eigenvalue weighted by molar-refractivity contribution is 7.87. The van der Waals surface area contributed by atoms with E-state index in [-0.39, 0.29) is 17.4 Å². The molecule has 1 aliphatic carbocycles. The van der Waals surface area contributed by atoms with E-state index in [1.807, 2.05) is 12.1 Å². The molecule has 2 amide bonds. The molecule has 0 N–H and O–H groups in total. The Bertz CT molecular complexity index is 1680. The van der Waals surface area contributed by atoms with Crippen molar-refractivity contribution in [3.8, 4) is 11.5 Å². The third-order valence-corrected chi connectivity index (χ3v) is 7.77. The number of hydrogen-bond donors (Lipinski definition) is 0. The summed E-state index contributed by atoms with van der Waals surface area (Å²) in [6, 6.07) is 21.8. The minimum atomic E-state index is -4.21. The highest BCUT2D eigenvalue weighted by Crippen LogP contribution is 2.42. The van der Waals surface area contributed by atoms with Gasteiger partial charge >= 0.3 is 10.1 Å². The predicted octanol–water partition coefficient (Wildman–Crippen LogP) is 4.45. The predicted molar refractivity (Wildman–Crippen MR) is 136 cm³/mol. The minimum Gasteiger partial charge on any atom is -0.490 e. The second-order valence-electron chi connectivity index (χ2n) is 9.33. The lowest BCUT2D eigenvalue weighted by Crippen LogP contribution is -2.38. The Kier molecular flexibility index (Phi) is 5.66. The third-order valence-electron chi connectivity index (χ3n) is 6.47. The summed E-state index contributed by atoms with van der Waals surface area (Å²) in [5.41, 5.74) is 0.790. The van der Waals surface area contributed by atoms with Crippen LogP contribution >= 0.6 is 0 Å². The number of hydroxylamine groups is 2. The number of amides is 2. The first-order valence-electron chi connectivity index (χ1n) is 12.0. The Morgan fingerprint density at radius 2 is 1.53 bits per heavy atom. The molecule has 10 heteroatoms.